The maximum absolute atomic E-state index is 13.0. The van der Waals surface area contributed by atoms with Gasteiger partial charge in [-0.1, -0.05) is 12.1 Å². The molecule has 0 unspecified atom stereocenters. The number of esters is 1. The van der Waals surface area contributed by atoms with Crippen LogP contribution in [0.25, 0.3) is 10.4 Å². The predicted octanol–water partition coefficient (Wildman–Crippen LogP) is 5.38. The van der Waals surface area contributed by atoms with Crippen LogP contribution in [0.15, 0.2) is 40.6 Å². The van der Waals surface area contributed by atoms with Gasteiger partial charge in [-0.15, -0.1) is 22.7 Å². The van der Waals surface area contributed by atoms with Crippen molar-refractivity contribution < 1.29 is 17.9 Å². The third-order valence-electron chi connectivity index (χ3n) is 4.35. The summed E-state index contributed by atoms with van der Waals surface area (Å²) in [5.74, 6) is -0.534. The third-order valence-corrected chi connectivity index (χ3v) is 7.73. The summed E-state index contributed by atoms with van der Waals surface area (Å²) < 4.78 is 33.7. The van der Waals surface area contributed by atoms with E-state index in [4.69, 9.17) is 4.74 Å². The van der Waals surface area contributed by atoms with Gasteiger partial charge < -0.3 is 4.74 Å². The van der Waals surface area contributed by atoms with Crippen LogP contribution in [0.2, 0.25) is 0 Å². The SMILES string of the molecule is CCOC(=O)c1c(NS(=O)(=O)c2ccc(C)c(C)c2)sc(C)c1-c1cccs1. The molecule has 0 aliphatic heterocycles. The van der Waals surface area contributed by atoms with E-state index in [0.29, 0.717) is 0 Å². The first-order valence-electron chi connectivity index (χ1n) is 8.69. The fourth-order valence-electron chi connectivity index (χ4n) is 2.79. The highest BCUT2D eigenvalue weighted by Gasteiger charge is 2.28. The Bertz CT molecular complexity index is 1110. The Morgan fingerprint density at radius 2 is 1.89 bits per heavy atom. The average molecular weight is 436 g/mol. The molecule has 2 aromatic heterocycles. The molecule has 1 aromatic carbocycles. The van der Waals surface area contributed by atoms with Crippen LogP contribution in [-0.4, -0.2) is 21.0 Å². The second-order valence-corrected chi connectivity index (χ2v) is 10.1. The number of sulfonamides is 1. The molecule has 0 atom stereocenters. The Hall–Kier alpha value is -2.16. The lowest BCUT2D eigenvalue weighted by atomic mass is 10.1. The summed E-state index contributed by atoms with van der Waals surface area (Å²) in [6.45, 7) is 7.59. The highest BCUT2D eigenvalue weighted by atomic mass is 32.2. The summed E-state index contributed by atoms with van der Waals surface area (Å²) >= 11 is 2.73. The maximum Gasteiger partial charge on any atom is 0.341 e. The van der Waals surface area contributed by atoms with Crippen LogP contribution in [0.4, 0.5) is 5.00 Å². The maximum atomic E-state index is 13.0. The molecule has 0 amide bonds. The van der Waals surface area contributed by atoms with Gasteiger partial charge in [-0.05, 0) is 62.4 Å². The quantitative estimate of drug-likeness (QED) is 0.528. The van der Waals surface area contributed by atoms with Gasteiger partial charge in [-0.3, -0.25) is 4.72 Å². The second-order valence-electron chi connectivity index (χ2n) is 6.29. The summed E-state index contributed by atoms with van der Waals surface area (Å²) in [6.07, 6.45) is 0. The molecule has 0 fully saturated rings. The van der Waals surface area contributed by atoms with E-state index in [2.05, 4.69) is 4.72 Å². The lowest BCUT2D eigenvalue weighted by molar-refractivity contribution is 0.0529. The number of benzene rings is 1. The fraction of sp³-hybridized carbons (Fsp3) is 0.250. The zero-order valence-electron chi connectivity index (χ0n) is 16.0. The molecule has 8 heteroatoms. The topological polar surface area (TPSA) is 72.5 Å². The van der Waals surface area contributed by atoms with Gasteiger partial charge in [0.15, 0.2) is 0 Å². The number of ether oxygens (including phenoxy) is 1. The van der Waals surface area contributed by atoms with Gasteiger partial charge in [0.2, 0.25) is 0 Å². The van der Waals surface area contributed by atoms with E-state index >= 15 is 0 Å². The van der Waals surface area contributed by atoms with Crippen molar-refractivity contribution in [2.24, 2.45) is 0 Å². The predicted molar refractivity (Wildman–Crippen MR) is 115 cm³/mol. The van der Waals surface area contributed by atoms with E-state index in [-0.39, 0.29) is 22.1 Å². The third kappa shape index (κ3) is 3.99. The Kier molecular flexibility index (Phi) is 5.92. The van der Waals surface area contributed by atoms with Crippen LogP contribution in [0.1, 0.15) is 33.3 Å². The molecule has 0 aliphatic carbocycles. The highest BCUT2D eigenvalue weighted by molar-refractivity contribution is 7.93. The molecule has 0 aliphatic rings. The van der Waals surface area contributed by atoms with Crippen molar-refractivity contribution in [3.8, 4) is 10.4 Å². The molecule has 0 spiro atoms. The summed E-state index contributed by atoms with van der Waals surface area (Å²) in [7, 11) is -3.84. The van der Waals surface area contributed by atoms with E-state index < -0.39 is 16.0 Å². The Morgan fingerprint density at radius 1 is 1.14 bits per heavy atom. The molecule has 0 saturated carbocycles. The Labute approximate surface area is 173 Å². The van der Waals surface area contributed by atoms with Crippen LogP contribution >= 0.6 is 22.7 Å². The molecule has 148 valence electrons. The van der Waals surface area contributed by atoms with Gasteiger partial charge in [-0.2, -0.15) is 0 Å². The lowest BCUT2D eigenvalue weighted by Crippen LogP contribution is -2.15. The van der Waals surface area contributed by atoms with E-state index in [0.717, 1.165) is 26.4 Å². The number of carbonyl (C=O) groups excluding carboxylic acids is 1. The minimum absolute atomic E-state index is 0.161. The number of nitrogens with one attached hydrogen (secondary N) is 1. The number of carbonyl (C=O) groups is 1. The molecule has 3 aromatic rings. The molecular weight excluding hydrogens is 414 g/mol. The first kappa shape index (κ1) is 20.6. The molecule has 0 saturated heterocycles. The molecular formula is C20H21NO4S3. The van der Waals surface area contributed by atoms with E-state index in [1.54, 1.807) is 25.1 Å². The number of hydrogen-bond donors (Lipinski definition) is 1. The summed E-state index contributed by atoms with van der Waals surface area (Å²) in [5.41, 5.74) is 2.88. The monoisotopic (exact) mass is 435 g/mol. The molecule has 3 rings (SSSR count). The minimum atomic E-state index is -3.84. The number of anilines is 1. The van der Waals surface area contributed by atoms with Crippen LogP contribution in [0.5, 0.6) is 0 Å². The first-order valence-corrected chi connectivity index (χ1v) is 11.9. The molecule has 2 heterocycles. The van der Waals surface area contributed by atoms with Crippen molar-refractivity contribution in [1.29, 1.82) is 0 Å². The van der Waals surface area contributed by atoms with Crippen molar-refractivity contribution >= 4 is 43.7 Å². The fourth-order valence-corrected chi connectivity index (χ4v) is 6.14. The van der Waals surface area contributed by atoms with Crippen LogP contribution in [-0.2, 0) is 14.8 Å². The first-order chi connectivity index (χ1) is 13.2. The number of thiophene rings is 2. The van der Waals surface area contributed by atoms with Crippen LogP contribution < -0.4 is 4.72 Å². The lowest BCUT2D eigenvalue weighted by Gasteiger charge is -2.11. The van der Waals surface area contributed by atoms with E-state index in [1.165, 1.54) is 22.7 Å². The van der Waals surface area contributed by atoms with E-state index in [1.807, 2.05) is 38.3 Å². The molecule has 0 radical (unpaired) electrons. The van der Waals surface area contributed by atoms with E-state index in [9.17, 15) is 13.2 Å². The standard InChI is InChI=1S/C20H21NO4S3/c1-5-25-20(22)18-17(16-7-6-10-26-16)14(4)27-19(18)21-28(23,24)15-9-8-12(2)13(3)11-15/h6-11,21H,5H2,1-4H3. The summed E-state index contributed by atoms with van der Waals surface area (Å²) in [4.78, 5) is 14.6. The highest BCUT2D eigenvalue weighted by Crippen LogP contribution is 2.42. The van der Waals surface area contributed by atoms with Crippen LogP contribution in [0.3, 0.4) is 0 Å². The summed E-state index contributed by atoms with van der Waals surface area (Å²) in [6, 6.07) is 8.76. The molecule has 1 N–H and O–H groups in total. The minimum Gasteiger partial charge on any atom is -0.462 e. The van der Waals surface area contributed by atoms with Crippen molar-refractivity contribution in [3.05, 3.63) is 57.3 Å². The Morgan fingerprint density at radius 3 is 2.50 bits per heavy atom. The van der Waals surface area contributed by atoms with Gasteiger partial charge in [-0.25, -0.2) is 13.2 Å². The largest absolute Gasteiger partial charge is 0.462 e. The molecule has 28 heavy (non-hydrogen) atoms. The number of rotatable bonds is 6. The normalized spacial score (nSPS) is 11.4. The zero-order valence-corrected chi connectivity index (χ0v) is 18.5. The summed E-state index contributed by atoms with van der Waals surface area (Å²) in [5, 5.41) is 2.19. The smallest absolute Gasteiger partial charge is 0.341 e. The van der Waals surface area contributed by atoms with Crippen molar-refractivity contribution in [2.45, 2.75) is 32.6 Å². The number of aryl methyl sites for hydroxylation is 3. The Balaban J connectivity index is 2.10. The van der Waals surface area contributed by atoms with Crippen molar-refractivity contribution in [3.63, 3.8) is 0 Å². The van der Waals surface area contributed by atoms with Gasteiger partial charge in [0.1, 0.15) is 10.6 Å². The van der Waals surface area contributed by atoms with Crippen LogP contribution in [0, 0.1) is 20.8 Å². The van der Waals surface area contributed by atoms with Gasteiger partial charge in [0.05, 0.1) is 11.5 Å². The molecule has 5 nitrogen and oxygen atoms in total. The average Bonchev–Trinajstić information content (AvgIpc) is 3.24. The van der Waals surface area contributed by atoms with Gasteiger partial charge >= 0.3 is 5.97 Å². The van der Waals surface area contributed by atoms with Gasteiger partial charge in [0.25, 0.3) is 10.0 Å². The van der Waals surface area contributed by atoms with Crippen molar-refractivity contribution in [1.82, 2.24) is 0 Å². The van der Waals surface area contributed by atoms with Gasteiger partial charge in [0, 0.05) is 15.3 Å². The second kappa shape index (κ2) is 8.06. The zero-order chi connectivity index (χ0) is 20.5. The van der Waals surface area contributed by atoms with Crippen molar-refractivity contribution in [2.75, 3.05) is 11.3 Å². The molecule has 0 bridgehead atoms. The number of hydrogen-bond acceptors (Lipinski definition) is 6.